The molecule has 0 spiro atoms. The number of hydrogen-bond acceptors (Lipinski definition) is 4. The average molecular weight is 412 g/mol. The van der Waals surface area contributed by atoms with Gasteiger partial charge in [-0.2, -0.15) is 0 Å². The van der Waals surface area contributed by atoms with Crippen LogP contribution in [0.15, 0.2) is 29.2 Å². The number of carbonyl (C=O) groups is 2. The smallest absolute Gasteiger partial charge is 0.407 e. The van der Waals surface area contributed by atoms with E-state index in [1.807, 2.05) is 20.8 Å². The lowest BCUT2D eigenvalue weighted by Crippen LogP contribution is -2.57. The van der Waals surface area contributed by atoms with E-state index in [1.165, 1.54) is 17.0 Å². The lowest BCUT2D eigenvalue weighted by Gasteiger charge is -2.46. The molecule has 0 saturated carbocycles. The van der Waals surface area contributed by atoms with E-state index in [-0.39, 0.29) is 22.3 Å². The third-order valence-electron chi connectivity index (χ3n) is 5.07. The summed E-state index contributed by atoms with van der Waals surface area (Å²) >= 11 is 0. The molecule has 4 N–H and O–H groups in total. The number of nitrogens with one attached hydrogen (secondary N) is 1. The summed E-state index contributed by atoms with van der Waals surface area (Å²) in [6.07, 6.45) is 0.853. The number of nitrogens with zero attached hydrogens (tertiary/aromatic N) is 1. The van der Waals surface area contributed by atoms with Gasteiger partial charge in [0.1, 0.15) is 0 Å². The van der Waals surface area contributed by atoms with Crippen LogP contribution in [0.5, 0.6) is 0 Å². The molecule has 0 radical (unpaired) electrons. The largest absolute Gasteiger partial charge is 0.465 e. The standard InChI is InChI=1S/C19H29N3O5S/c1-19(2,3)16-15(5-4-12-22(16)18(24)25)17(23)21-11-10-13-6-8-14(9-7-13)28(20,26)27/h6-9,15-16H,4-5,10-12H2,1-3H3,(H,21,23)(H,24,25)(H2,20,26,27). The van der Waals surface area contributed by atoms with Crippen molar-refractivity contribution in [3.05, 3.63) is 29.8 Å². The van der Waals surface area contributed by atoms with E-state index >= 15 is 0 Å². The summed E-state index contributed by atoms with van der Waals surface area (Å²) in [6, 6.07) is 5.82. The molecule has 28 heavy (non-hydrogen) atoms. The number of benzene rings is 1. The summed E-state index contributed by atoms with van der Waals surface area (Å²) in [5.41, 5.74) is 0.514. The molecule has 2 amide bonds. The number of likely N-dealkylation sites (tertiary alicyclic amines) is 1. The number of rotatable bonds is 5. The molecule has 2 unspecified atom stereocenters. The number of hydrogen-bond donors (Lipinski definition) is 3. The van der Waals surface area contributed by atoms with E-state index in [0.717, 1.165) is 5.56 Å². The van der Waals surface area contributed by atoms with Crippen molar-refractivity contribution in [2.45, 2.75) is 51.0 Å². The van der Waals surface area contributed by atoms with Crippen LogP contribution in [0.3, 0.4) is 0 Å². The molecule has 156 valence electrons. The second-order valence-electron chi connectivity index (χ2n) is 8.27. The summed E-state index contributed by atoms with van der Waals surface area (Å²) in [4.78, 5) is 25.8. The first-order chi connectivity index (χ1) is 12.9. The van der Waals surface area contributed by atoms with Crippen molar-refractivity contribution in [1.82, 2.24) is 10.2 Å². The highest BCUT2D eigenvalue weighted by atomic mass is 32.2. The topological polar surface area (TPSA) is 130 Å². The monoisotopic (exact) mass is 411 g/mol. The van der Waals surface area contributed by atoms with Gasteiger partial charge in [-0.25, -0.2) is 18.4 Å². The van der Waals surface area contributed by atoms with Crippen LogP contribution >= 0.6 is 0 Å². The van der Waals surface area contributed by atoms with Gasteiger partial charge in [-0.05, 0) is 42.4 Å². The molecule has 1 aromatic carbocycles. The maximum Gasteiger partial charge on any atom is 0.407 e. The fourth-order valence-electron chi connectivity index (χ4n) is 3.86. The second-order valence-corrected chi connectivity index (χ2v) is 9.83. The number of carboxylic acid groups (broad SMARTS) is 1. The molecular formula is C19H29N3O5S. The lowest BCUT2D eigenvalue weighted by atomic mass is 9.73. The molecule has 1 fully saturated rings. The third kappa shape index (κ3) is 5.45. The first-order valence-electron chi connectivity index (χ1n) is 9.30. The van der Waals surface area contributed by atoms with Crippen LogP contribution in [0, 0.1) is 11.3 Å². The molecule has 1 aliphatic heterocycles. The predicted octanol–water partition coefficient (Wildman–Crippen LogP) is 1.80. The lowest BCUT2D eigenvalue weighted by molar-refractivity contribution is -0.130. The van der Waals surface area contributed by atoms with Gasteiger partial charge in [0.25, 0.3) is 0 Å². The van der Waals surface area contributed by atoms with Gasteiger partial charge >= 0.3 is 6.09 Å². The van der Waals surface area contributed by atoms with Gasteiger partial charge in [0.05, 0.1) is 16.9 Å². The Morgan fingerprint density at radius 1 is 1.25 bits per heavy atom. The Morgan fingerprint density at radius 2 is 1.86 bits per heavy atom. The van der Waals surface area contributed by atoms with Crippen LogP contribution in [0.25, 0.3) is 0 Å². The molecule has 2 atom stereocenters. The highest BCUT2D eigenvalue weighted by Gasteiger charge is 2.44. The molecule has 1 aromatic rings. The minimum Gasteiger partial charge on any atom is -0.465 e. The zero-order chi connectivity index (χ0) is 21.1. The van der Waals surface area contributed by atoms with E-state index in [0.29, 0.717) is 32.4 Å². The minimum absolute atomic E-state index is 0.0456. The number of primary sulfonamides is 1. The highest BCUT2D eigenvalue weighted by Crippen LogP contribution is 2.36. The van der Waals surface area contributed by atoms with E-state index in [1.54, 1.807) is 12.1 Å². The summed E-state index contributed by atoms with van der Waals surface area (Å²) in [5, 5.41) is 17.5. The molecule has 1 aliphatic rings. The number of carbonyl (C=O) groups excluding carboxylic acids is 1. The SMILES string of the molecule is CC(C)(C)C1C(C(=O)NCCc2ccc(S(N)(=O)=O)cc2)CCCN1C(=O)O. The van der Waals surface area contributed by atoms with Crippen molar-refractivity contribution in [3.8, 4) is 0 Å². The normalized spacial score (nSPS) is 20.6. The second kappa shape index (κ2) is 8.48. The molecule has 1 saturated heterocycles. The molecule has 1 heterocycles. The Balaban J connectivity index is 2.00. The van der Waals surface area contributed by atoms with E-state index in [9.17, 15) is 23.1 Å². The van der Waals surface area contributed by atoms with E-state index in [4.69, 9.17) is 5.14 Å². The summed E-state index contributed by atoms with van der Waals surface area (Å²) in [7, 11) is -3.72. The quantitative estimate of drug-likeness (QED) is 0.680. The summed E-state index contributed by atoms with van der Waals surface area (Å²) in [6.45, 7) is 6.68. The molecule has 0 aromatic heterocycles. The molecule has 0 bridgehead atoms. The van der Waals surface area contributed by atoms with Crippen molar-refractivity contribution < 1.29 is 23.1 Å². The minimum atomic E-state index is -3.72. The van der Waals surface area contributed by atoms with Gasteiger partial charge in [-0.15, -0.1) is 0 Å². The Morgan fingerprint density at radius 3 is 2.36 bits per heavy atom. The van der Waals surface area contributed by atoms with E-state index < -0.39 is 22.0 Å². The van der Waals surface area contributed by atoms with Crippen molar-refractivity contribution in [1.29, 1.82) is 0 Å². The Kier molecular flexibility index (Phi) is 6.71. The Labute approximate surface area is 166 Å². The van der Waals surface area contributed by atoms with Crippen molar-refractivity contribution in [3.63, 3.8) is 0 Å². The van der Waals surface area contributed by atoms with Crippen molar-refractivity contribution >= 4 is 22.0 Å². The van der Waals surface area contributed by atoms with E-state index in [2.05, 4.69) is 5.32 Å². The zero-order valence-electron chi connectivity index (χ0n) is 16.5. The molecule has 9 heteroatoms. The summed E-state index contributed by atoms with van der Waals surface area (Å²) < 4.78 is 22.6. The maximum absolute atomic E-state index is 12.8. The molecule has 2 rings (SSSR count). The van der Waals surface area contributed by atoms with Crippen molar-refractivity contribution in [2.24, 2.45) is 16.5 Å². The molecule has 8 nitrogen and oxygen atoms in total. The first-order valence-corrected chi connectivity index (χ1v) is 10.8. The van der Waals surface area contributed by atoms with Gasteiger partial charge in [0.2, 0.25) is 15.9 Å². The van der Waals surface area contributed by atoms with Gasteiger partial charge < -0.3 is 15.3 Å². The van der Waals surface area contributed by atoms with Crippen LogP contribution in [0.2, 0.25) is 0 Å². The van der Waals surface area contributed by atoms with Gasteiger partial charge in [0, 0.05) is 13.1 Å². The van der Waals surface area contributed by atoms with Crippen LogP contribution in [-0.2, 0) is 21.2 Å². The van der Waals surface area contributed by atoms with Crippen LogP contribution in [0.1, 0.15) is 39.2 Å². The fourth-order valence-corrected chi connectivity index (χ4v) is 4.38. The molecule has 0 aliphatic carbocycles. The van der Waals surface area contributed by atoms with Gasteiger partial charge in [-0.3, -0.25) is 4.79 Å². The number of piperidine rings is 1. The average Bonchev–Trinajstić information content (AvgIpc) is 2.59. The van der Waals surface area contributed by atoms with Crippen LogP contribution in [-0.4, -0.2) is 49.6 Å². The Bertz CT molecular complexity index is 815. The van der Waals surface area contributed by atoms with Crippen LogP contribution < -0.4 is 10.5 Å². The molecular weight excluding hydrogens is 382 g/mol. The zero-order valence-corrected chi connectivity index (χ0v) is 17.3. The van der Waals surface area contributed by atoms with Gasteiger partial charge in [0.15, 0.2) is 0 Å². The predicted molar refractivity (Wildman–Crippen MR) is 105 cm³/mol. The maximum atomic E-state index is 12.8. The highest BCUT2D eigenvalue weighted by molar-refractivity contribution is 7.89. The number of nitrogens with two attached hydrogens (primary N) is 1. The number of sulfonamides is 1. The third-order valence-corrected chi connectivity index (χ3v) is 5.99. The van der Waals surface area contributed by atoms with Crippen molar-refractivity contribution in [2.75, 3.05) is 13.1 Å². The Hall–Kier alpha value is -2.13. The van der Waals surface area contributed by atoms with Gasteiger partial charge in [-0.1, -0.05) is 32.9 Å². The van der Waals surface area contributed by atoms with Crippen LogP contribution in [0.4, 0.5) is 4.79 Å². The fraction of sp³-hybridized carbons (Fsp3) is 0.579. The summed E-state index contributed by atoms with van der Waals surface area (Å²) in [5.74, 6) is -0.540. The first kappa shape index (κ1) is 22.2. The number of amides is 2.